The van der Waals surface area contributed by atoms with Crippen LogP contribution in [0.25, 0.3) is 0 Å². The first-order chi connectivity index (χ1) is 7.31. The number of carbonyl (C=O) groups excluding carboxylic acids is 1. The Morgan fingerprint density at radius 1 is 1.33 bits per heavy atom. The molecule has 86 valence electrons. The van der Waals surface area contributed by atoms with Gasteiger partial charge in [-0.3, -0.25) is 4.79 Å². The Morgan fingerprint density at radius 3 is 2.60 bits per heavy atom. The van der Waals surface area contributed by atoms with Gasteiger partial charge in [0.05, 0.1) is 6.04 Å². The molecule has 0 spiro atoms. The number of piperidine rings is 1. The summed E-state index contributed by atoms with van der Waals surface area (Å²) in [6.45, 7) is 5.23. The molecule has 1 atom stereocenters. The first kappa shape index (κ1) is 10.9. The van der Waals surface area contributed by atoms with E-state index < -0.39 is 0 Å². The molecule has 2 rings (SSSR count). The van der Waals surface area contributed by atoms with Crippen LogP contribution < -0.4 is 5.32 Å². The van der Waals surface area contributed by atoms with Crippen LogP contribution in [0.5, 0.6) is 0 Å². The monoisotopic (exact) mass is 210 g/mol. The van der Waals surface area contributed by atoms with Crippen LogP contribution in [0.4, 0.5) is 0 Å². The molecule has 2 saturated heterocycles. The van der Waals surface area contributed by atoms with E-state index in [2.05, 4.69) is 17.1 Å². The second kappa shape index (κ2) is 4.97. The molecule has 2 fully saturated rings. The average Bonchev–Trinajstić information content (AvgIpc) is 2.82. The van der Waals surface area contributed by atoms with E-state index in [-0.39, 0.29) is 6.04 Å². The van der Waals surface area contributed by atoms with E-state index in [1.165, 1.54) is 19.3 Å². The van der Waals surface area contributed by atoms with Crippen molar-refractivity contribution in [3.8, 4) is 0 Å². The first-order valence-corrected chi connectivity index (χ1v) is 6.33. The summed E-state index contributed by atoms with van der Waals surface area (Å²) in [7, 11) is 0. The number of hydrogen-bond donors (Lipinski definition) is 1. The fraction of sp³-hybridized carbons (Fsp3) is 0.917. The summed E-state index contributed by atoms with van der Waals surface area (Å²) >= 11 is 0. The van der Waals surface area contributed by atoms with E-state index >= 15 is 0 Å². The minimum absolute atomic E-state index is 0.128. The summed E-state index contributed by atoms with van der Waals surface area (Å²) in [5, 5.41) is 3.29. The summed E-state index contributed by atoms with van der Waals surface area (Å²) < 4.78 is 0. The van der Waals surface area contributed by atoms with Crippen LogP contribution in [0.2, 0.25) is 0 Å². The van der Waals surface area contributed by atoms with Crippen molar-refractivity contribution in [1.29, 1.82) is 0 Å². The molecule has 0 aromatic heterocycles. The predicted octanol–water partition coefficient (Wildman–Crippen LogP) is 1.39. The van der Waals surface area contributed by atoms with Gasteiger partial charge < -0.3 is 10.2 Å². The van der Waals surface area contributed by atoms with Crippen LogP contribution in [-0.2, 0) is 4.79 Å². The highest BCUT2D eigenvalue weighted by atomic mass is 16.2. The molecule has 1 unspecified atom stereocenters. The number of rotatable bonds is 2. The average molecular weight is 210 g/mol. The quantitative estimate of drug-likeness (QED) is 0.747. The Kier molecular flexibility index (Phi) is 3.62. The maximum atomic E-state index is 12.1. The minimum Gasteiger partial charge on any atom is -0.341 e. The highest BCUT2D eigenvalue weighted by molar-refractivity contribution is 5.82. The van der Waals surface area contributed by atoms with Gasteiger partial charge in [0.25, 0.3) is 0 Å². The summed E-state index contributed by atoms with van der Waals surface area (Å²) in [6, 6.07) is 0.128. The van der Waals surface area contributed by atoms with Crippen LogP contribution in [0, 0.1) is 5.92 Å². The minimum atomic E-state index is 0.128. The summed E-state index contributed by atoms with van der Waals surface area (Å²) in [6.07, 6.45) is 5.86. The van der Waals surface area contributed by atoms with Gasteiger partial charge in [-0.1, -0.05) is 13.3 Å². The molecule has 0 aromatic carbocycles. The molecule has 15 heavy (non-hydrogen) atoms. The number of nitrogens with zero attached hydrogens (tertiary/aromatic N) is 1. The molecule has 0 radical (unpaired) electrons. The standard InChI is InChI=1S/C12H22N2O/c1-2-10-5-8-14(9-6-10)12(15)11-4-3-7-13-11/h10-11,13H,2-9H2,1H3. The maximum absolute atomic E-state index is 12.1. The third-order valence-electron chi connectivity index (χ3n) is 3.86. The van der Waals surface area contributed by atoms with Gasteiger partial charge in [-0.05, 0) is 38.1 Å². The zero-order valence-corrected chi connectivity index (χ0v) is 9.67. The zero-order valence-electron chi connectivity index (χ0n) is 9.67. The molecule has 3 heteroatoms. The molecule has 1 N–H and O–H groups in total. The van der Waals surface area contributed by atoms with Crippen LogP contribution in [0.15, 0.2) is 0 Å². The van der Waals surface area contributed by atoms with Gasteiger partial charge in [-0.2, -0.15) is 0 Å². The van der Waals surface area contributed by atoms with Gasteiger partial charge in [-0.15, -0.1) is 0 Å². The number of nitrogens with one attached hydrogen (secondary N) is 1. The van der Waals surface area contributed by atoms with Crippen LogP contribution in [0.3, 0.4) is 0 Å². The van der Waals surface area contributed by atoms with Crippen molar-refractivity contribution in [3.05, 3.63) is 0 Å². The summed E-state index contributed by atoms with van der Waals surface area (Å²) in [5.41, 5.74) is 0. The molecular formula is C12H22N2O. The smallest absolute Gasteiger partial charge is 0.239 e. The molecule has 0 aromatic rings. The molecule has 2 aliphatic rings. The van der Waals surface area contributed by atoms with Gasteiger partial charge in [0.15, 0.2) is 0 Å². The van der Waals surface area contributed by atoms with Crippen molar-refractivity contribution in [1.82, 2.24) is 10.2 Å². The number of hydrogen-bond acceptors (Lipinski definition) is 2. The van der Waals surface area contributed by atoms with E-state index in [1.54, 1.807) is 0 Å². The Hall–Kier alpha value is -0.570. The van der Waals surface area contributed by atoms with Crippen molar-refractivity contribution in [2.24, 2.45) is 5.92 Å². The molecule has 2 aliphatic heterocycles. The highest BCUT2D eigenvalue weighted by Crippen LogP contribution is 2.21. The lowest BCUT2D eigenvalue weighted by Crippen LogP contribution is -2.46. The molecule has 1 amide bonds. The van der Waals surface area contributed by atoms with Gasteiger partial charge in [0.2, 0.25) is 5.91 Å². The van der Waals surface area contributed by atoms with Crippen LogP contribution >= 0.6 is 0 Å². The first-order valence-electron chi connectivity index (χ1n) is 6.33. The van der Waals surface area contributed by atoms with Crippen LogP contribution in [0.1, 0.15) is 39.0 Å². The molecule has 0 aliphatic carbocycles. The summed E-state index contributed by atoms with van der Waals surface area (Å²) in [5.74, 6) is 1.20. The molecular weight excluding hydrogens is 188 g/mol. The van der Waals surface area contributed by atoms with E-state index in [0.717, 1.165) is 38.4 Å². The van der Waals surface area contributed by atoms with Gasteiger partial charge in [0.1, 0.15) is 0 Å². The van der Waals surface area contributed by atoms with Gasteiger partial charge >= 0.3 is 0 Å². The zero-order chi connectivity index (χ0) is 10.7. The lowest BCUT2D eigenvalue weighted by atomic mass is 9.94. The van der Waals surface area contributed by atoms with Gasteiger partial charge in [0, 0.05) is 13.1 Å². The second-order valence-corrected chi connectivity index (χ2v) is 4.83. The van der Waals surface area contributed by atoms with Gasteiger partial charge in [-0.25, -0.2) is 0 Å². The number of likely N-dealkylation sites (tertiary alicyclic amines) is 1. The van der Waals surface area contributed by atoms with E-state index in [1.807, 2.05) is 0 Å². The van der Waals surface area contributed by atoms with Crippen molar-refractivity contribution in [2.45, 2.75) is 45.1 Å². The Labute approximate surface area is 92.2 Å². The lowest BCUT2D eigenvalue weighted by molar-refractivity contribution is -0.134. The predicted molar refractivity (Wildman–Crippen MR) is 60.6 cm³/mol. The fourth-order valence-electron chi connectivity index (χ4n) is 2.68. The van der Waals surface area contributed by atoms with Crippen molar-refractivity contribution < 1.29 is 4.79 Å². The molecule has 2 heterocycles. The normalized spacial score (nSPS) is 28.3. The van der Waals surface area contributed by atoms with Crippen molar-refractivity contribution in [2.75, 3.05) is 19.6 Å². The number of carbonyl (C=O) groups is 1. The lowest BCUT2D eigenvalue weighted by Gasteiger charge is -2.33. The fourth-order valence-corrected chi connectivity index (χ4v) is 2.68. The molecule has 3 nitrogen and oxygen atoms in total. The maximum Gasteiger partial charge on any atom is 0.239 e. The van der Waals surface area contributed by atoms with Crippen molar-refractivity contribution in [3.63, 3.8) is 0 Å². The largest absolute Gasteiger partial charge is 0.341 e. The topological polar surface area (TPSA) is 32.3 Å². The Bertz CT molecular complexity index is 216. The molecule has 0 bridgehead atoms. The third kappa shape index (κ3) is 2.51. The third-order valence-corrected chi connectivity index (χ3v) is 3.86. The van der Waals surface area contributed by atoms with E-state index in [9.17, 15) is 4.79 Å². The number of amides is 1. The summed E-state index contributed by atoms with van der Waals surface area (Å²) in [4.78, 5) is 14.1. The van der Waals surface area contributed by atoms with Crippen LogP contribution in [-0.4, -0.2) is 36.5 Å². The SMILES string of the molecule is CCC1CCN(C(=O)C2CCCN2)CC1. The second-order valence-electron chi connectivity index (χ2n) is 4.83. The molecule has 0 saturated carbocycles. The Morgan fingerprint density at radius 2 is 2.07 bits per heavy atom. The Balaban J connectivity index is 1.81. The van der Waals surface area contributed by atoms with E-state index in [4.69, 9.17) is 0 Å². The van der Waals surface area contributed by atoms with Crippen molar-refractivity contribution >= 4 is 5.91 Å². The highest BCUT2D eigenvalue weighted by Gasteiger charge is 2.29. The van der Waals surface area contributed by atoms with E-state index in [0.29, 0.717) is 5.91 Å².